The molecule has 0 heterocycles. The molecule has 17 heavy (non-hydrogen) atoms. The molecule has 2 unspecified atom stereocenters. The van der Waals surface area contributed by atoms with Gasteiger partial charge in [-0.2, -0.15) is 0 Å². The van der Waals surface area contributed by atoms with Gasteiger partial charge in [0.2, 0.25) is 0 Å². The molecule has 1 nitrogen and oxygen atoms in total. The van der Waals surface area contributed by atoms with Crippen molar-refractivity contribution in [3.05, 3.63) is 29.8 Å². The molecule has 0 spiro atoms. The summed E-state index contributed by atoms with van der Waals surface area (Å²) < 4.78 is 0. The van der Waals surface area contributed by atoms with Gasteiger partial charge in [0, 0.05) is 16.2 Å². The summed E-state index contributed by atoms with van der Waals surface area (Å²) in [4.78, 5) is 1.38. The molecule has 1 aromatic carbocycles. The van der Waals surface area contributed by atoms with Crippen molar-refractivity contribution in [1.82, 2.24) is 5.32 Å². The molecule has 0 saturated carbocycles. The fourth-order valence-corrected chi connectivity index (χ4v) is 2.73. The maximum atomic E-state index is 3.34. The fourth-order valence-electron chi connectivity index (χ4n) is 1.74. The standard InChI is InChI=1S/C15H25NS/c1-6-15(16-5)13-7-9-14(10-8-13)17-12(4)11(2)3/h7-12,15-16H,6H2,1-5H3. The van der Waals surface area contributed by atoms with Crippen LogP contribution in [0.5, 0.6) is 0 Å². The summed E-state index contributed by atoms with van der Waals surface area (Å²) in [6.45, 7) is 9.07. The smallest absolute Gasteiger partial charge is 0.0314 e. The van der Waals surface area contributed by atoms with Gasteiger partial charge in [-0.15, -0.1) is 11.8 Å². The number of thioether (sulfide) groups is 1. The molecule has 0 aliphatic rings. The highest BCUT2D eigenvalue weighted by Gasteiger charge is 2.10. The summed E-state index contributed by atoms with van der Waals surface area (Å²) in [5.74, 6) is 0.723. The summed E-state index contributed by atoms with van der Waals surface area (Å²) in [7, 11) is 2.03. The second-order valence-corrected chi connectivity index (χ2v) is 6.34. The van der Waals surface area contributed by atoms with Crippen molar-refractivity contribution in [2.24, 2.45) is 5.92 Å². The van der Waals surface area contributed by atoms with E-state index in [0.29, 0.717) is 11.3 Å². The maximum absolute atomic E-state index is 3.34. The maximum Gasteiger partial charge on any atom is 0.0314 e. The average molecular weight is 251 g/mol. The summed E-state index contributed by atoms with van der Waals surface area (Å²) in [5.41, 5.74) is 1.39. The normalized spacial score (nSPS) is 14.9. The first kappa shape index (κ1) is 14.6. The second kappa shape index (κ2) is 7.07. The molecule has 2 heteroatoms. The topological polar surface area (TPSA) is 12.0 Å². The number of nitrogens with one attached hydrogen (secondary N) is 1. The van der Waals surface area contributed by atoms with E-state index in [9.17, 15) is 0 Å². The van der Waals surface area contributed by atoms with Gasteiger partial charge in [-0.05, 0) is 37.1 Å². The van der Waals surface area contributed by atoms with Crippen molar-refractivity contribution >= 4 is 11.8 Å². The monoisotopic (exact) mass is 251 g/mol. The SMILES string of the molecule is CCC(NC)c1ccc(SC(C)C(C)C)cc1. The summed E-state index contributed by atoms with van der Waals surface area (Å²) in [5, 5.41) is 4.01. The zero-order chi connectivity index (χ0) is 12.8. The van der Waals surface area contributed by atoms with Crippen LogP contribution in [0.2, 0.25) is 0 Å². The van der Waals surface area contributed by atoms with E-state index in [1.165, 1.54) is 10.5 Å². The third-order valence-electron chi connectivity index (χ3n) is 3.30. The molecule has 0 aromatic heterocycles. The zero-order valence-corrected chi connectivity index (χ0v) is 12.5. The van der Waals surface area contributed by atoms with Gasteiger partial charge in [0.1, 0.15) is 0 Å². The summed E-state index contributed by atoms with van der Waals surface area (Å²) in [6.07, 6.45) is 1.13. The molecule has 1 aromatic rings. The van der Waals surface area contributed by atoms with Gasteiger partial charge in [0.15, 0.2) is 0 Å². The van der Waals surface area contributed by atoms with Crippen molar-refractivity contribution in [1.29, 1.82) is 0 Å². The molecule has 0 aliphatic carbocycles. The van der Waals surface area contributed by atoms with Crippen LogP contribution in [0, 0.1) is 5.92 Å². The minimum absolute atomic E-state index is 0.483. The Labute approximate surface area is 110 Å². The van der Waals surface area contributed by atoms with Crippen molar-refractivity contribution in [2.45, 2.75) is 50.3 Å². The third-order valence-corrected chi connectivity index (χ3v) is 4.76. The molecule has 1 N–H and O–H groups in total. The van der Waals surface area contributed by atoms with E-state index in [1.54, 1.807) is 0 Å². The zero-order valence-electron chi connectivity index (χ0n) is 11.7. The predicted octanol–water partition coefficient (Wildman–Crippen LogP) is 4.49. The first-order valence-corrected chi connectivity index (χ1v) is 7.40. The lowest BCUT2D eigenvalue weighted by Gasteiger charge is -2.17. The molecule has 0 aliphatic heterocycles. The van der Waals surface area contributed by atoms with Crippen LogP contribution in [-0.2, 0) is 0 Å². The molecule has 0 bridgehead atoms. The molecule has 2 atom stereocenters. The van der Waals surface area contributed by atoms with E-state index in [4.69, 9.17) is 0 Å². The van der Waals surface area contributed by atoms with E-state index in [0.717, 1.165) is 12.3 Å². The average Bonchev–Trinajstić information content (AvgIpc) is 2.32. The Bertz CT molecular complexity index is 314. The van der Waals surface area contributed by atoms with Crippen LogP contribution in [-0.4, -0.2) is 12.3 Å². The number of hydrogen-bond acceptors (Lipinski definition) is 2. The molecule has 0 radical (unpaired) electrons. The molecule has 0 fully saturated rings. The Morgan fingerprint density at radius 1 is 1.12 bits per heavy atom. The van der Waals surface area contributed by atoms with Crippen LogP contribution in [0.15, 0.2) is 29.2 Å². The van der Waals surface area contributed by atoms with Crippen LogP contribution in [0.25, 0.3) is 0 Å². The quantitative estimate of drug-likeness (QED) is 0.747. The summed E-state index contributed by atoms with van der Waals surface area (Å²) >= 11 is 1.97. The molecule has 96 valence electrons. The number of hydrogen-bond donors (Lipinski definition) is 1. The second-order valence-electron chi connectivity index (χ2n) is 4.89. The highest BCUT2D eigenvalue weighted by molar-refractivity contribution is 8.00. The van der Waals surface area contributed by atoms with Crippen LogP contribution in [0.1, 0.15) is 45.7 Å². The molecule has 0 amide bonds. The van der Waals surface area contributed by atoms with Crippen molar-refractivity contribution < 1.29 is 0 Å². The van der Waals surface area contributed by atoms with Gasteiger partial charge in [0.25, 0.3) is 0 Å². The van der Waals surface area contributed by atoms with Crippen molar-refractivity contribution in [3.63, 3.8) is 0 Å². The molecule has 1 rings (SSSR count). The van der Waals surface area contributed by atoms with Gasteiger partial charge >= 0.3 is 0 Å². The number of benzene rings is 1. The number of rotatable bonds is 6. The van der Waals surface area contributed by atoms with Gasteiger partial charge in [-0.1, -0.05) is 39.8 Å². The van der Waals surface area contributed by atoms with E-state index in [2.05, 4.69) is 57.3 Å². The lowest BCUT2D eigenvalue weighted by Crippen LogP contribution is -2.14. The molecular formula is C15H25NS. The summed E-state index contributed by atoms with van der Waals surface area (Å²) in [6, 6.07) is 9.48. The van der Waals surface area contributed by atoms with Gasteiger partial charge < -0.3 is 5.32 Å². The Balaban J connectivity index is 2.67. The molecular weight excluding hydrogens is 226 g/mol. The van der Waals surface area contributed by atoms with Gasteiger partial charge in [0.05, 0.1) is 0 Å². The van der Waals surface area contributed by atoms with Crippen LogP contribution >= 0.6 is 11.8 Å². The third kappa shape index (κ3) is 4.36. The Morgan fingerprint density at radius 3 is 2.12 bits per heavy atom. The highest BCUT2D eigenvalue weighted by atomic mass is 32.2. The largest absolute Gasteiger partial charge is 0.313 e. The van der Waals surface area contributed by atoms with Crippen LogP contribution < -0.4 is 5.32 Å². The van der Waals surface area contributed by atoms with Crippen molar-refractivity contribution in [2.75, 3.05) is 7.05 Å². The van der Waals surface area contributed by atoms with E-state index in [1.807, 2.05) is 18.8 Å². The van der Waals surface area contributed by atoms with Crippen LogP contribution in [0.4, 0.5) is 0 Å². The Kier molecular flexibility index (Phi) is 6.07. The molecule has 0 saturated heterocycles. The minimum atomic E-state index is 0.483. The van der Waals surface area contributed by atoms with Gasteiger partial charge in [-0.3, -0.25) is 0 Å². The Morgan fingerprint density at radius 2 is 1.71 bits per heavy atom. The first-order chi connectivity index (χ1) is 8.08. The lowest BCUT2D eigenvalue weighted by atomic mass is 10.1. The first-order valence-electron chi connectivity index (χ1n) is 6.52. The Hall–Kier alpha value is -0.470. The predicted molar refractivity (Wildman–Crippen MR) is 78.7 cm³/mol. The fraction of sp³-hybridized carbons (Fsp3) is 0.600. The highest BCUT2D eigenvalue weighted by Crippen LogP contribution is 2.28. The van der Waals surface area contributed by atoms with Gasteiger partial charge in [-0.25, -0.2) is 0 Å². The van der Waals surface area contributed by atoms with Crippen LogP contribution in [0.3, 0.4) is 0 Å². The van der Waals surface area contributed by atoms with E-state index < -0.39 is 0 Å². The minimum Gasteiger partial charge on any atom is -0.313 e. The van der Waals surface area contributed by atoms with Crippen molar-refractivity contribution in [3.8, 4) is 0 Å². The van der Waals surface area contributed by atoms with E-state index in [-0.39, 0.29) is 0 Å². The van der Waals surface area contributed by atoms with E-state index >= 15 is 0 Å². The lowest BCUT2D eigenvalue weighted by molar-refractivity contribution is 0.576.